The van der Waals surface area contributed by atoms with E-state index in [4.69, 9.17) is 17.0 Å². The molecule has 2 nitrogen and oxygen atoms in total. The number of rotatable bonds is 3. The van der Waals surface area contributed by atoms with Gasteiger partial charge in [-0.05, 0) is 32.0 Å². The first kappa shape index (κ1) is 10.9. The quantitative estimate of drug-likeness (QED) is 0.564. The number of Topliss-reactive ketones (excluding diaryl/α,β-unsaturated/α-hetero) is 1. The van der Waals surface area contributed by atoms with E-state index in [2.05, 4.69) is 0 Å². The van der Waals surface area contributed by atoms with E-state index >= 15 is 0 Å². The van der Waals surface area contributed by atoms with Crippen molar-refractivity contribution in [1.82, 2.24) is 0 Å². The summed E-state index contributed by atoms with van der Waals surface area (Å²) >= 11 is 5.07. The standard InChI is InChI=1S/C11H12O2S/c1-7(12)9-4-5-11(13-3)10(6-9)8(2)14/h4-6H,1-3H3. The smallest absolute Gasteiger partial charge is 0.159 e. The number of carbonyl (C=O) groups is 1. The SMILES string of the molecule is COc1ccc(C(C)=O)cc1C(C)=S. The summed E-state index contributed by atoms with van der Waals surface area (Å²) in [6.45, 7) is 3.35. The molecule has 0 aromatic heterocycles. The molecular weight excluding hydrogens is 196 g/mol. The van der Waals surface area contributed by atoms with E-state index in [0.717, 1.165) is 10.4 Å². The highest BCUT2D eigenvalue weighted by Crippen LogP contribution is 2.21. The normalized spacial score (nSPS) is 9.64. The number of hydrogen-bond donors (Lipinski definition) is 0. The Kier molecular flexibility index (Phi) is 3.36. The zero-order valence-corrected chi connectivity index (χ0v) is 9.27. The second-order valence-electron chi connectivity index (χ2n) is 3.03. The van der Waals surface area contributed by atoms with Crippen molar-refractivity contribution in [3.63, 3.8) is 0 Å². The molecule has 14 heavy (non-hydrogen) atoms. The van der Waals surface area contributed by atoms with Gasteiger partial charge in [0.15, 0.2) is 5.78 Å². The number of ketones is 1. The van der Waals surface area contributed by atoms with Gasteiger partial charge in [0.25, 0.3) is 0 Å². The molecule has 0 aliphatic rings. The average Bonchev–Trinajstić information content (AvgIpc) is 2.16. The van der Waals surface area contributed by atoms with Crippen LogP contribution in [0.3, 0.4) is 0 Å². The molecule has 0 amide bonds. The maximum absolute atomic E-state index is 11.1. The Morgan fingerprint density at radius 2 is 2.00 bits per heavy atom. The van der Waals surface area contributed by atoms with Gasteiger partial charge in [-0.15, -0.1) is 0 Å². The average molecular weight is 208 g/mol. The monoisotopic (exact) mass is 208 g/mol. The summed E-state index contributed by atoms with van der Waals surface area (Å²) in [5.41, 5.74) is 1.47. The largest absolute Gasteiger partial charge is 0.496 e. The van der Waals surface area contributed by atoms with Gasteiger partial charge in [-0.25, -0.2) is 0 Å². The summed E-state index contributed by atoms with van der Waals surface area (Å²) in [5, 5.41) is 0. The Labute approximate surface area is 88.9 Å². The third kappa shape index (κ3) is 2.17. The fraction of sp³-hybridized carbons (Fsp3) is 0.273. The summed E-state index contributed by atoms with van der Waals surface area (Å²) in [6, 6.07) is 5.27. The number of ether oxygens (including phenoxy) is 1. The van der Waals surface area contributed by atoms with Crippen molar-refractivity contribution in [1.29, 1.82) is 0 Å². The third-order valence-corrected chi connectivity index (χ3v) is 2.21. The van der Waals surface area contributed by atoms with Crippen LogP contribution in [-0.4, -0.2) is 17.8 Å². The predicted molar refractivity (Wildman–Crippen MR) is 60.4 cm³/mol. The molecule has 74 valence electrons. The minimum absolute atomic E-state index is 0.0325. The van der Waals surface area contributed by atoms with E-state index in [-0.39, 0.29) is 5.78 Å². The second-order valence-corrected chi connectivity index (χ2v) is 3.64. The molecule has 3 heteroatoms. The van der Waals surface area contributed by atoms with E-state index < -0.39 is 0 Å². The molecule has 1 aromatic rings. The molecule has 0 radical (unpaired) electrons. The van der Waals surface area contributed by atoms with Crippen molar-refractivity contribution in [3.05, 3.63) is 29.3 Å². The molecule has 0 unspecified atom stereocenters. The minimum Gasteiger partial charge on any atom is -0.496 e. The number of hydrogen-bond acceptors (Lipinski definition) is 3. The maximum Gasteiger partial charge on any atom is 0.159 e. The zero-order chi connectivity index (χ0) is 10.7. The van der Waals surface area contributed by atoms with E-state index in [1.54, 1.807) is 25.3 Å². The van der Waals surface area contributed by atoms with Crippen LogP contribution in [0.4, 0.5) is 0 Å². The predicted octanol–water partition coefficient (Wildman–Crippen LogP) is 2.64. The highest BCUT2D eigenvalue weighted by Gasteiger charge is 2.08. The number of carbonyl (C=O) groups excluding carboxylic acids is 1. The lowest BCUT2D eigenvalue weighted by Crippen LogP contribution is -2.00. The lowest BCUT2D eigenvalue weighted by Gasteiger charge is -2.08. The maximum atomic E-state index is 11.1. The van der Waals surface area contributed by atoms with Crippen molar-refractivity contribution in [2.24, 2.45) is 0 Å². The molecule has 0 heterocycles. The van der Waals surface area contributed by atoms with Crippen LogP contribution in [0.2, 0.25) is 0 Å². The Balaban J connectivity index is 3.27. The van der Waals surface area contributed by atoms with Crippen molar-refractivity contribution >= 4 is 22.9 Å². The van der Waals surface area contributed by atoms with Gasteiger partial charge in [0.05, 0.1) is 7.11 Å². The summed E-state index contributed by atoms with van der Waals surface area (Å²) < 4.78 is 5.14. The second kappa shape index (κ2) is 4.33. The molecule has 0 aliphatic heterocycles. The van der Waals surface area contributed by atoms with E-state index in [9.17, 15) is 4.79 Å². The fourth-order valence-corrected chi connectivity index (χ4v) is 1.36. The minimum atomic E-state index is 0.0325. The van der Waals surface area contributed by atoms with Crippen LogP contribution >= 0.6 is 12.2 Å². The molecule has 0 bridgehead atoms. The topological polar surface area (TPSA) is 26.3 Å². The zero-order valence-electron chi connectivity index (χ0n) is 8.46. The highest BCUT2D eigenvalue weighted by atomic mass is 32.1. The van der Waals surface area contributed by atoms with Gasteiger partial charge in [0.1, 0.15) is 5.75 Å². The molecule has 0 fully saturated rings. The molecule has 1 rings (SSSR count). The van der Waals surface area contributed by atoms with E-state index in [1.165, 1.54) is 6.92 Å². The first-order valence-electron chi connectivity index (χ1n) is 4.26. The lowest BCUT2D eigenvalue weighted by molar-refractivity contribution is 0.101. The number of methoxy groups -OCH3 is 1. The Morgan fingerprint density at radius 1 is 1.36 bits per heavy atom. The molecule has 0 spiro atoms. The first-order chi connectivity index (χ1) is 6.56. The van der Waals surface area contributed by atoms with E-state index in [1.807, 2.05) is 6.92 Å². The molecule has 0 N–H and O–H groups in total. The van der Waals surface area contributed by atoms with Crippen LogP contribution < -0.4 is 4.74 Å². The Bertz CT molecular complexity index is 383. The summed E-state index contributed by atoms with van der Waals surface area (Å²) in [7, 11) is 1.59. The van der Waals surface area contributed by atoms with Crippen molar-refractivity contribution in [3.8, 4) is 5.75 Å². The molecule has 0 aliphatic carbocycles. The van der Waals surface area contributed by atoms with Crippen LogP contribution in [0.15, 0.2) is 18.2 Å². The summed E-state index contributed by atoms with van der Waals surface area (Å²) in [6.07, 6.45) is 0. The van der Waals surface area contributed by atoms with Gasteiger partial charge in [-0.1, -0.05) is 12.2 Å². The van der Waals surface area contributed by atoms with Gasteiger partial charge in [0, 0.05) is 16.0 Å². The third-order valence-electron chi connectivity index (χ3n) is 1.99. The Hall–Kier alpha value is -1.22. The first-order valence-corrected chi connectivity index (χ1v) is 4.67. The molecule has 0 atom stereocenters. The number of thiocarbonyl (C=S) groups is 1. The van der Waals surface area contributed by atoms with Crippen LogP contribution in [-0.2, 0) is 0 Å². The van der Waals surface area contributed by atoms with Crippen molar-refractivity contribution in [2.75, 3.05) is 7.11 Å². The van der Waals surface area contributed by atoms with Gasteiger partial charge >= 0.3 is 0 Å². The van der Waals surface area contributed by atoms with Gasteiger partial charge in [-0.3, -0.25) is 4.79 Å². The van der Waals surface area contributed by atoms with Gasteiger partial charge < -0.3 is 4.74 Å². The Morgan fingerprint density at radius 3 is 2.43 bits per heavy atom. The van der Waals surface area contributed by atoms with E-state index in [0.29, 0.717) is 11.3 Å². The molecule has 1 aromatic carbocycles. The molecule has 0 saturated heterocycles. The van der Waals surface area contributed by atoms with Crippen molar-refractivity contribution in [2.45, 2.75) is 13.8 Å². The van der Waals surface area contributed by atoms with Crippen LogP contribution in [0.25, 0.3) is 0 Å². The highest BCUT2D eigenvalue weighted by molar-refractivity contribution is 7.80. The van der Waals surface area contributed by atoms with Crippen molar-refractivity contribution < 1.29 is 9.53 Å². The fourth-order valence-electron chi connectivity index (χ4n) is 1.20. The van der Waals surface area contributed by atoms with Crippen LogP contribution in [0, 0.1) is 0 Å². The van der Waals surface area contributed by atoms with Gasteiger partial charge in [-0.2, -0.15) is 0 Å². The molecule has 0 saturated carbocycles. The summed E-state index contributed by atoms with van der Waals surface area (Å²) in [4.78, 5) is 11.9. The number of benzene rings is 1. The van der Waals surface area contributed by atoms with Gasteiger partial charge in [0.2, 0.25) is 0 Å². The van der Waals surface area contributed by atoms with Crippen LogP contribution in [0.1, 0.15) is 29.8 Å². The van der Waals surface area contributed by atoms with Crippen LogP contribution in [0.5, 0.6) is 5.75 Å². The summed E-state index contributed by atoms with van der Waals surface area (Å²) in [5.74, 6) is 0.743. The molecular formula is C11H12O2S. The lowest BCUT2D eigenvalue weighted by atomic mass is 10.1.